The Kier molecular flexibility index (Phi) is 1.75. The normalized spacial score (nSPS) is 27.2. The highest BCUT2D eigenvalue weighted by molar-refractivity contribution is 5.34. The average molecular weight is 166 g/mol. The molecule has 1 fully saturated rings. The molecule has 1 aromatic rings. The summed E-state index contributed by atoms with van der Waals surface area (Å²) < 4.78 is 1.88. The first-order valence-electron chi connectivity index (χ1n) is 4.46. The maximum Gasteiger partial charge on any atom is 0.145 e. The first kappa shape index (κ1) is 7.58. The molecule has 0 bridgehead atoms. The van der Waals surface area contributed by atoms with Crippen LogP contribution in [0, 0.1) is 5.92 Å². The molecule has 66 valence electrons. The molecule has 1 N–H and O–H groups in total. The van der Waals surface area contributed by atoms with E-state index in [1.807, 2.05) is 4.68 Å². The third-order valence-corrected chi connectivity index (χ3v) is 2.36. The molecule has 0 spiro atoms. The smallest absolute Gasteiger partial charge is 0.145 e. The molecule has 12 heavy (non-hydrogen) atoms. The highest BCUT2D eigenvalue weighted by Crippen LogP contribution is 2.32. The highest BCUT2D eigenvalue weighted by Gasteiger charge is 2.32. The van der Waals surface area contributed by atoms with E-state index in [4.69, 9.17) is 0 Å². The topological polar surface area (TPSA) is 42.7 Å². The van der Waals surface area contributed by atoms with E-state index < -0.39 is 0 Å². The first-order valence-corrected chi connectivity index (χ1v) is 4.46. The Balaban J connectivity index is 2.02. The lowest BCUT2D eigenvalue weighted by atomic mass is 10.5. The number of hydrogen-bond acceptors (Lipinski definition) is 3. The summed E-state index contributed by atoms with van der Waals surface area (Å²) in [6.45, 7) is 5.19. The molecule has 1 aliphatic rings. The van der Waals surface area contributed by atoms with E-state index in [-0.39, 0.29) is 0 Å². The summed E-state index contributed by atoms with van der Waals surface area (Å²) >= 11 is 0. The zero-order valence-electron chi connectivity index (χ0n) is 7.49. The van der Waals surface area contributed by atoms with Crippen LogP contribution in [-0.2, 0) is 6.54 Å². The van der Waals surface area contributed by atoms with Gasteiger partial charge in [0.05, 0.1) is 6.20 Å². The molecule has 0 aliphatic heterocycles. The molecule has 1 aliphatic carbocycles. The van der Waals surface area contributed by atoms with Crippen LogP contribution in [0.1, 0.15) is 20.3 Å². The summed E-state index contributed by atoms with van der Waals surface area (Å²) in [5.41, 5.74) is 0. The van der Waals surface area contributed by atoms with Crippen molar-refractivity contribution in [1.82, 2.24) is 15.0 Å². The number of anilines is 1. The molecule has 0 amide bonds. The van der Waals surface area contributed by atoms with Crippen molar-refractivity contribution in [2.24, 2.45) is 5.92 Å². The van der Waals surface area contributed by atoms with Gasteiger partial charge >= 0.3 is 0 Å². The van der Waals surface area contributed by atoms with Crippen LogP contribution in [0.5, 0.6) is 0 Å². The van der Waals surface area contributed by atoms with Gasteiger partial charge in [-0.15, -0.1) is 5.10 Å². The predicted molar refractivity (Wildman–Crippen MR) is 46.9 cm³/mol. The van der Waals surface area contributed by atoms with Crippen LogP contribution < -0.4 is 5.32 Å². The number of rotatable bonds is 3. The van der Waals surface area contributed by atoms with Gasteiger partial charge in [-0.1, -0.05) is 12.1 Å². The Labute approximate surface area is 72.0 Å². The molecular weight excluding hydrogens is 152 g/mol. The summed E-state index contributed by atoms with van der Waals surface area (Å²) in [6, 6.07) is 0.647. The van der Waals surface area contributed by atoms with E-state index in [9.17, 15) is 0 Å². The number of nitrogens with zero attached hydrogens (tertiary/aromatic N) is 3. The molecule has 2 rings (SSSR count). The average Bonchev–Trinajstić information content (AvgIpc) is 2.62. The molecular formula is C8H14N4. The van der Waals surface area contributed by atoms with E-state index in [0.29, 0.717) is 6.04 Å². The summed E-state index contributed by atoms with van der Waals surface area (Å²) in [5.74, 6) is 1.86. The quantitative estimate of drug-likeness (QED) is 0.731. The molecule has 0 saturated heterocycles. The van der Waals surface area contributed by atoms with Crippen LogP contribution in [0.25, 0.3) is 0 Å². The van der Waals surface area contributed by atoms with Crippen molar-refractivity contribution in [3.63, 3.8) is 0 Å². The van der Waals surface area contributed by atoms with Crippen molar-refractivity contribution in [3.8, 4) is 0 Å². The molecule has 2 atom stereocenters. The van der Waals surface area contributed by atoms with Crippen molar-refractivity contribution in [2.75, 3.05) is 5.32 Å². The van der Waals surface area contributed by atoms with Crippen molar-refractivity contribution in [2.45, 2.75) is 32.9 Å². The fourth-order valence-corrected chi connectivity index (χ4v) is 1.32. The number of aromatic nitrogens is 3. The Bertz CT molecular complexity index is 268. The Morgan fingerprint density at radius 3 is 3.08 bits per heavy atom. The molecule has 0 aromatic carbocycles. The third kappa shape index (κ3) is 1.29. The van der Waals surface area contributed by atoms with Crippen LogP contribution in [-0.4, -0.2) is 21.0 Å². The third-order valence-electron chi connectivity index (χ3n) is 2.36. The summed E-state index contributed by atoms with van der Waals surface area (Å²) in [7, 11) is 0. The van der Waals surface area contributed by atoms with Crippen LogP contribution in [0.15, 0.2) is 6.20 Å². The lowest BCUT2D eigenvalue weighted by molar-refractivity contribution is 0.629. The van der Waals surface area contributed by atoms with Crippen LogP contribution >= 0.6 is 0 Å². The van der Waals surface area contributed by atoms with Gasteiger partial charge in [-0.25, -0.2) is 4.68 Å². The van der Waals surface area contributed by atoms with Crippen LogP contribution in [0.2, 0.25) is 0 Å². The SMILES string of the molecule is CCn1nncc1NC1CC1C. The lowest BCUT2D eigenvalue weighted by Gasteiger charge is -2.04. The van der Waals surface area contributed by atoms with Crippen molar-refractivity contribution >= 4 is 5.82 Å². The maximum atomic E-state index is 3.94. The summed E-state index contributed by atoms with van der Waals surface area (Å²) in [4.78, 5) is 0. The fraction of sp³-hybridized carbons (Fsp3) is 0.750. The minimum atomic E-state index is 0.647. The second-order valence-electron chi connectivity index (χ2n) is 3.40. The van der Waals surface area contributed by atoms with Gasteiger partial charge in [0.2, 0.25) is 0 Å². The van der Waals surface area contributed by atoms with Gasteiger partial charge in [-0.3, -0.25) is 0 Å². The number of nitrogens with one attached hydrogen (secondary N) is 1. The van der Waals surface area contributed by atoms with Gasteiger partial charge in [0.15, 0.2) is 0 Å². The summed E-state index contributed by atoms with van der Waals surface area (Å²) in [5, 5.41) is 11.2. The van der Waals surface area contributed by atoms with E-state index in [1.165, 1.54) is 6.42 Å². The van der Waals surface area contributed by atoms with Gasteiger partial charge < -0.3 is 5.32 Å². The number of hydrogen-bond donors (Lipinski definition) is 1. The Hall–Kier alpha value is -1.06. The first-order chi connectivity index (χ1) is 5.81. The van der Waals surface area contributed by atoms with Gasteiger partial charge in [0.25, 0.3) is 0 Å². The van der Waals surface area contributed by atoms with E-state index in [2.05, 4.69) is 29.5 Å². The van der Waals surface area contributed by atoms with Gasteiger partial charge in [-0.05, 0) is 19.3 Å². The van der Waals surface area contributed by atoms with Gasteiger partial charge in [0, 0.05) is 12.6 Å². The van der Waals surface area contributed by atoms with Crippen molar-refractivity contribution in [3.05, 3.63) is 6.20 Å². The van der Waals surface area contributed by atoms with Crippen LogP contribution in [0.3, 0.4) is 0 Å². The molecule has 0 radical (unpaired) electrons. The second kappa shape index (κ2) is 2.77. The molecule has 1 saturated carbocycles. The fourth-order valence-electron chi connectivity index (χ4n) is 1.32. The molecule has 1 heterocycles. The minimum absolute atomic E-state index is 0.647. The monoisotopic (exact) mass is 166 g/mol. The highest BCUT2D eigenvalue weighted by atomic mass is 15.5. The van der Waals surface area contributed by atoms with E-state index in [1.54, 1.807) is 6.20 Å². The molecule has 2 unspecified atom stereocenters. The van der Waals surface area contributed by atoms with Gasteiger partial charge in [0.1, 0.15) is 5.82 Å². The number of aryl methyl sites for hydroxylation is 1. The molecule has 4 heteroatoms. The summed E-state index contributed by atoms with van der Waals surface area (Å²) in [6.07, 6.45) is 3.06. The lowest BCUT2D eigenvalue weighted by Crippen LogP contribution is -2.09. The molecule has 1 aromatic heterocycles. The van der Waals surface area contributed by atoms with E-state index in [0.717, 1.165) is 18.3 Å². The predicted octanol–water partition coefficient (Wildman–Crippen LogP) is 1.12. The Morgan fingerprint density at radius 2 is 2.50 bits per heavy atom. The zero-order chi connectivity index (χ0) is 8.55. The second-order valence-corrected chi connectivity index (χ2v) is 3.40. The standard InChI is InChI=1S/C8H14N4/c1-3-12-8(5-9-11-12)10-7-4-6(7)2/h5-7,10H,3-4H2,1-2H3. The maximum absolute atomic E-state index is 3.94. The van der Waals surface area contributed by atoms with E-state index >= 15 is 0 Å². The van der Waals surface area contributed by atoms with Crippen LogP contribution in [0.4, 0.5) is 5.82 Å². The largest absolute Gasteiger partial charge is 0.366 e. The minimum Gasteiger partial charge on any atom is -0.366 e. The molecule has 4 nitrogen and oxygen atoms in total. The van der Waals surface area contributed by atoms with Crippen molar-refractivity contribution in [1.29, 1.82) is 0 Å². The van der Waals surface area contributed by atoms with Gasteiger partial charge in [-0.2, -0.15) is 0 Å². The zero-order valence-corrected chi connectivity index (χ0v) is 7.49. The Morgan fingerprint density at radius 1 is 1.75 bits per heavy atom. The van der Waals surface area contributed by atoms with Crippen molar-refractivity contribution < 1.29 is 0 Å².